The highest BCUT2D eigenvalue weighted by atomic mass is 35.5. The van der Waals surface area contributed by atoms with Gasteiger partial charge in [0, 0.05) is 16.3 Å². The second-order valence-corrected chi connectivity index (χ2v) is 7.36. The fourth-order valence-corrected chi connectivity index (χ4v) is 3.73. The summed E-state index contributed by atoms with van der Waals surface area (Å²) in [4.78, 5) is 27.4. The predicted octanol–water partition coefficient (Wildman–Crippen LogP) is 5.27. The van der Waals surface area contributed by atoms with E-state index in [1.165, 1.54) is 4.90 Å². The van der Waals surface area contributed by atoms with Gasteiger partial charge in [0.25, 0.3) is 11.7 Å². The molecule has 1 unspecified atom stereocenters. The van der Waals surface area contributed by atoms with Crippen LogP contribution in [0.5, 0.6) is 0 Å². The highest BCUT2D eigenvalue weighted by molar-refractivity contribution is 6.51. The number of carbonyl (C=O) groups is 2. The van der Waals surface area contributed by atoms with Gasteiger partial charge in [-0.1, -0.05) is 59.6 Å². The molecule has 5 heteroatoms. The summed E-state index contributed by atoms with van der Waals surface area (Å²) in [6.45, 7) is 1.94. The molecule has 0 bridgehead atoms. The highest BCUT2D eigenvalue weighted by Gasteiger charge is 2.46. The van der Waals surface area contributed by atoms with Crippen LogP contribution >= 0.6 is 11.6 Å². The fraction of sp³-hybridized carbons (Fsp3) is 0.0833. The maximum Gasteiger partial charge on any atom is 0.300 e. The van der Waals surface area contributed by atoms with Crippen LogP contribution < -0.4 is 4.90 Å². The maximum atomic E-state index is 13.0. The highest BCUT2D eigenvalue weighted by Crippen LogP contribution is 2.42. The number of nitrogens with zero attached hydrogens (tertiary/aromatic N) is 1. The molecule has 4 nitrogen and oxygen atoms in total. The first-order valence-corrected chi connectivity index (χ1v) is 9.53. The van der Waals surface area contributed by atoms with Gasteiger partial charge in [-0.15, -0.1) is 0 Å². The van der Waals surface area contributed by atoms with Crippen molar-refractivity contribution in [1.29, 1.82) is 0 Å². The first-order valence-electron chi connectivity index (χ1n) is 9.16. The van der Waals surface area contributed by atoms with Crippen molar-refractivity contribution in [1.82, 2.24) is 0 Å². The lowest BCUT2D eigenvalue weighted by molar-refractivity contribution is -0.132. The minimum atomic E-state index is -0.729. The molecule has 0 aliphatic carbocycles. The quantitative estimate of drug-likeness (QED) is 0.368. The normalized spacial score (nSPS) is 18.3. The van der Waals surface area contributed by atoms with Crippen LogP contribution in [0.25, 0.3) is 5.76 Å². The lowest BCUT2D eigenvalue weighted by Crippen LogP contribution is -2.29. The summed E-state index contributed by atoms with van der Waals surface area (Å²) in [6.07, 6.45) is 0. The molecule has 1 atom stereocenters. The molecule has 0 saturated carbocycles. The number of aliphatic hydroxyl groups is 1. The molecule has 1 aliphatic heterocycles. The molecule has 29 heavy (non-hydrogen) atoms. The average molecular weight is 404 g/mol. The van der Waals surface area contributed by atoms with Gasteiger partial charge in [-0.3, -0.25) is 14.5 Å². The number of aliphatic hydroxyl groups excluding tert-OH is 1. The number of Topliss-reactive ketones (excluding diaryl/α,β-unsaturated/α-hetero) is 1. The standard InChI is InChI=1S/C24H18ClNO3/c1-15-6-5-7-17(14-15)21-20(22(27)16-10-12-18(25)13-11-16)23(28)24(29)26(21)19-8-3-2-4-9-19/h2-14,21,27H,1H3/b22-20-. The number of aryl methyl sites for hydroxylation is 1. The molecular weight excluding hydrogens is 386 g/mol. The molecule has 1 N–H and O–H groups in total. The van der Waals surface area contributed by atoms with E-state index in [1.54, 1.807) is 48.5 Å². The van der Waals surface area contributed by atoms with E-state index in [2.05, 4.69) is 0 Å². The molecule has 1 heterocycles. The molecule has 4 rings (SSSR count). The van der Waals surface area contributed by atoms with Gasteiger partial charge in [0.2, 0.25) is 0 Å². The predicted molar refractivity (Wildman–Crippen MR) is 114 cm³/mol. The molecule has 1 aliphatic rings. The lowest BCUT2D eigenvalue weighted by Gasteiger charge is -2.25. The molecule has 1 fully saturated rings. The summed E-state index contributed by atoms with van der Waals surface area (Å²) in [7, 11) is 0. The number of halogens is 1. The van der Waals surface area contributed by atoms with Crippen molar-refractivity contribution in [2.45, 2.75) is 13.0 Å². The van der Waals surface area contributed by atoms with Gasteiger partial charge in [0.1, 0.15) is 5.76 Å². The number of amides is 1. The van der Waals surface area contributed by atoms with Crippen LogP contribution in [0.3, 0.4) is 0 Å². The molecule has 1 saturated heterocycles. The first kappa shape index (κ1) is 19.0. The summed E-state index contributed by atoms with van der Waals surface area (Å²) < 4.78 is 0. The third-order valence-electron chi connectivity index (χ3n) is 4.95. The monoisotopic (exact) mass is 403 g/mol. The number of hydrogen-bond donors (Lipinski definition) is 1. The Morgan fingerprint density at radius 1 is 0.931 bits per heavy atom. The number of benzene rings is 3. The van der Waals surface area contributed by atoms with Gasteiger partial charge >= 0.3 is 0 Å². The van der Waals surface area contributed by atoms with Crippen molar-refractivity contribution in [2.75, 3.05) is 4.90 Å². The van der Waals surface area contributed by atoms with Crippen LogP contribution in [0.1, 0.15) is 22.7 Å². The van der Waals surface area contributed by atoms with Crippen molar-refractivity contribution in [3.63, 3.8) is 0 Å². The third kappa shape index (κ3) is 3.43. The van der Waals surface area contributed by atoms with Crippen molar-refractivity contribution >= 4 is 34.7 Å². The van der Waals surface area contributed by atoms with Gasteiger partial charge in [-0.2, -0.15) is 0 Å². The molecule has 144 valence electrons. The SMILES string of the molecule is Cc1cccc(C2/C(=C(/O)c3ccc(Cl)cc3)C(=O)C(=O)N2c2ccccc2)c1. The van der Waals surface area contributed by atoms with E-state index in [1.807, 2.05) is 37.3 Å². The Morgan fingerprint density at radius 2 is 1.62 bits per heavy atom. The number of ketones is 1. The molecule has 0 radical (unpaired) electrons. The smallest absolute Gasteiger partial charge is 0.300 e. The molecule has 0 spiro atoms. The van der Waals surface area contributed by atoms with Crippen LogP contribution in [0.2, 0.25) is 5.02 Å². The van der Waals surface area contributed by atoms with Crippen molar-refractivity contribution in [3.8, 4) is 0 Å². The van der Waals surface area contributed by atoms with Crippen molar-refractivity contribution in [2.24, 2.45) is 0 Å². The zero-order valence-electron chi connectivity index (χ0n) is 15.7. The van der Waals surface area contributed by atoms with Gasteiger partial charge in [-0.25, -0.2) is 0 Å². The summed E-state index contributed by atoms with van der Waals surface area (Å²) in [5.74, 6) is -1.60. The van der Waals surface area contributed by atoms with E-state index in [0.29, 0.717) is 16.3 Å². The second-order valence-electron chi connectivity index (χ2n) is 6.93. The van der Waals surface area contributed by atoms with E-state index in [4.69, 9.17) is 11.6 Å². The topological polar surface area (TPSA) is 57.6 Å². The Morgan fingerprint density at radius 3 is 2.28 bits per heavy atom. The Hall–Kier alpha value is -3.37. The van der Waals surface area contributed by atoms with Crippen LogP contribution in [-0.4, -0.2) is 16.8 Å². The van der Waals surface area contributed by atoms with E-state index in [0.717, 1.165) is 11.1 Å². The summed E-state index contributed by atoms with van der Waals surface area (Å²) in [6, 6.07) is 22.4. The van der Waals surface area contributed by atoms with Crippen LogP contribution in [-0.2, 0) is 9.59 Å². The van der Waals surface area contributed by atoms with Crippen molar-refractivity contribution < 1.29 is 14.7 Å². The summed E-state index contributed by atoms with van der Waals surface area (Å²) >= 11 is 5.95. The number of rotatable bonds is 3. The molecule has 0 aromatic heterocycles. The van der Waals surface area contributed by atoms with E-state index < -0.39 is 17.7 Å². The Balaban J connectivity index is 1.95. The lowest BCUT2D eigenvalue weighted by atomic mass is 9.94. The van der Waals surface area contributed by atoms with Crippen LogP contribution in [0.4, 0.5) is 5.69 Å². The Bertz CT molecular complexity index is 1120. The van der Waals surface area contributed by atoms with Gasteiger partial charge in [-0.05, 0) is 48.9 Å². The van der Waals surface area contributed by atoms with Crippen LogP contribution in [0.15, 0.2) is 84.4 Å². The molecule has 3 aromatic carbocycles. The fourth-order valence-electron chi connectivity index (χ4n) is 3.61. The third-order valence-corrected chi connectivity index (χ3v) is 5.21. The van der Waals surface area contributed by atoms with Gasteiger partial charge < -0.3 is 5.11 Å². The van der Waals surface area contributed by atoms with E-state index in [-0.39, 0.29) is 11.3 Å². The van der Waals surface area contributed by atoms with Gasteiger partial charge in [0.05, 0.1) is 11.6 Å². The van der Waals surface area contributed by atoms with E-state index >= 15 is 0 Å². The minimum Gasteiger partial charge on any atom is -0.507 e. The molecule has 3 aromatic rings. The zero-order chi connectivity index (χ0) is 20.5. The molecular formula is C24H18ClNO3. The van der Waals surface area contributed by atoms with Crippen LogP contribution in [0, 0.1) is 6.92 Å². The second kappa shape index (κ2) is 7.57. The zero-order valence-corrected chi connectivity index (χ0v) is 16.4. The summed E-state index contributed by atoms with van der Waals surface area (Å²) in [5, 5.41) is 11.5. The number of hydrogen-bond acceptors (Lipinski definition) is 3. The number of carbonyl (C=O) groups excluding carboxylic acids is 2. The van der Waals surface area contributed by atoms with Crippen molar-refractivity contribution in [3.05, 3.63) is 106 Å². The average Bonchev–Trinajstić information content (AvgIpc) is 2.99. The number of para-hydroxylation sites is 1. The minimum absolute atomic E-state index is 0.0618. The number of anilines is 1. The van der Waals surface area contributed by atoms with E-state index in [9.17, 15) is 14.7 Å². The van der Waals surface area contributed by atoms with Gasteiger partial charge in [0.15, 0.2) is 0 Å². The largest absolute Gasteiger partial charge is 0.507 e. The maximum absolute atomic E-state index is 13.0. The Labute approximate surface area is 173 Å². The molecule has 1 amide bonds. The summed E-state index contributed by atoms with van der Waals surface area (Å²) in [5.41, 5.74) is 2.83. The first-order chi connectivity index (χ1) is 14.0. The Kier molecular flexibility index (Phi) is 4.95.